The van der Waals surface area contributed by atoms with E-state index in [9.17, 15) is 4.79 Å². The fraction of sp³-hybridized carbons (Fsp3) is 0.889. The molecule has 0 radical (unpaired) electrons. The Labute approximate surface area is 72.2 Å². The summed E-state index contributed by atoms with van der Waals surface area (Å²) in [6.45, 7) is 2.07. The fourth-order valence-electron chi connectivity index (χ4n) is 2.86. The third kappa shape index (κ3) is 0.891. The zero-order valence-electron chi connectivity index (χ0n) is 7.34. The van der Waals surface area contributed by atoms with Crippen molar-refractivity contribution in [2.24, 2.45) is 5.92 Å². The van der Waals surface area contributed by atoms with Gasteiger partial charge in [-0.3, -0.25) is 10.1 Å². The third-order valence-corrected chi connectivity index (χ3v) is 3.34. The number of carbonyl (C=O) groups is 1. The lowest BCUT2D eigenvalue weighted by Gasteiger charge is -2.24. The Bertz CT molecular complexity index is 217. The summed E-state index contributed by atoms with van der Waals surface area (Å²) in [6.07, 6.45) is 4.00. The van der Waals surface area contributed by atoms with E-state index in [1.165, 1.54) is 0 Å². The van der Waals surface area contributed by atoms with Gasteiger partial charge in [0.2, 0.25) is 0 Å². The van der Waals surface area contributed by atoms with Gasteiger partial charge in [0.15, 0.2) is 0 Å². The van der Waals surface area contributed by atoms with E-state index in [-0.39, 0.29) is 0 Å². The zero-order valence-corrected chi connectivity index (χ0v) is 7.34. The van der Waals surface area contributed by atoms with Crippen molar-refractivity contribution < 1.29 is 9.90 Å². The van der Waals surface area contributed by atoms with E-state index in [1.54, 1.807) is 0 Å². The van der Waals surface area contributed by atoms with Crippen molar-refractivity contribution in [1.29, 1.82) is 0 Å². The van der Waals surface area contributed by atoms with Crippen LogP contribution in [0.1, 0.15) is 32.6 Å². The van der Waals surface area contributed by atoms with Crippen molar-refractivity contribution >= 4 is 5.97 Å². The highest BCUT2D eigenvalue weighted by Crippen LogP contribution is 2.43. The van der Waals surface area contributed by atoms with Gasteiger partial charge in [-0.2, -0.15) is 0 Å². The van der Waals surface area contributed by atoms with Crippen LogP contribution >= 0.6 is 0 Å². The third-order valence-electron chi connectivity index (χ3n) is 3.34. The summed E-state index contributed by atoms with van der Waals surface area (Å²) in [6, 6.07) is 0.381. The van der Waals surface area contributed by atoms with Crippen LogP contribution in [0.3, 0.4) is 0 Å². The normalized spacial score (nSPS) is 46.1. The lowest BCUT2D eigenvalue weighted by molar-refractivity contribution is -0.145. The van der Waals surface area contributed by atoms with Gasteiger partial charge in [-0.25, -0.2) is 0 Å². The van der Waals surface area contributed by atoms with Crippen LogP contribution in [0.5, 0.6) is 0 Å². The second-order valence-electron chi connectivity index (χ2n) is 4.15. The van der Waals surface area contributed by atoms with Crippen LogP contribution in [-0.4, -0.2) is 22.7 Å². The SMILES string of the molecule is C[C@@H]1C[C@@H]2CCC[C@]2(C(=O)O)N1. The smallest absolute Gasteiger partial charge is 0.324 e. The molecule has 0 amide bonds. The van der Waals surface area contributed by atoms with Crippen LogP contribution in [0.15, 0.2) is 0 Å². The summed E-state index contributed by atoms with van der Waals surface area (Å²) in [5, 5.41) is 12.4. The molecule has 0 aromatic carbocycles. The Hall–Kier alpha value is -0.570. The Kier molecular flexibility index (Phi) is 1.65. The van der Waals surface area contributed by atoms with Crippen molar-refractivity contribution in [3.63, 3.8) is 0 Å². The molecule has 3 nitrogen and oxygen atoms in total. The highest BCUT2D eigenvalue weighted by Gasteiger charge is 2.53. The molecule has 3 heteroatoms. The largest absolute Gasteiger partial charge is 0.480 e. The number of hydrogen-bond acceptors (Lipinski definition) is 2. The van der Waals surface area contributed by atoms with Crippen LogP contribution in [0.2, 0.25) is 0 Å². The van der Waals surface area contributed by atoms with Crippen LogP contribution in [0, 0.1) is 5.92 Å². The van der Waals surface area contributed by atoms with Gasteiger partial charge in [0, 0.05) is 6.04 Å². The molecular formula is C9H15NO2. The van der Waals surface area contributed by atoms with E-state index in [0.717, 1.165) is 25.7 Å². The zero-order chi connectivity index (χ0) is 8.77. The molecule has 1 saturated heterocycles. The van der Waals surface area contributed by atoms with Gasteiger partial charge in [-0.15, -0.1) is 0 Å². The average Bonchev–Trinajstić information content (AvgIpc) is 2.42. The van der Waals surface area contributed by atoms with E-state index in [2.05, 4.69) is 12.2 Å². The van der Waals surface area contributed by atoms with Crippen molar-refractivity contribution in [1.82, 2.24) is 5.32 Å². The predicted molar refractivity (Wildman–Crippen MR) is 44.9 cm³/mol. The van der Waals surface area contributed by atoms with Crippen molar-refractivity contribution in [3.05, 3.63) is 0 Å². The predicted octanol–water partition coefficient (Wildman–Crippen LogP) is 0.992. The number of hydrogen-bond donors (Lipinski definition) is 2. The van der Waals surface area contributed by atoms with Crippen molar-refractivity contribution in [3.8, 4) is 0 Å². The molecule has 0 aromatic heterocycles. The number of rotatable bonds is 1. The molecule has 2 N–H and O–H groups in total. The summed E-state index contributed by atoms with van der Waals surface area (Å²) in [5.41, 5.74) is -0.556. The minimum Gasteiger partial charge on any atom is -0.480 e. The quantitative estimate of drug-likeness (QED) is 0.615. The molecule has 0 bridgehead atoms. The molecule has 1 aliphatic carbocycles. The Morgan fingerprint density at radius 1 is 1.67 bits per heavy atom. The molecule has 0 spiro atoms. The molecule has 1 heterocycles. The molecule has 1 saturated carbocycles. The molecule has 0 aromatic rings. The number of aliphatic carboxylic acids is 1. The summed E-state index contributed by atoms with van der Waals surface area (Å²) in [7, 11) is 0. The van der Waals surface area contributed by atoms with Crippen molar-refractivity contribution in [2.45, 2.75) is 44.2 Å². The van der Waals surface area contributed by atoms with Crippen LogP contribution in [0.4, 0.5) is 0 Å². The second-order valence-corrected chi connectivity index (χ2v) is 4.15. The molecular weight excluding hydrogens is 154 g/mol. The molecule has 68 valence electrons. The fourth-order valence-corrected chi connectivity index (χ4v) is 2.86. The first-order valence-electron chi connectivity index (χ1n) is 4.66. The van der Waals surface area contributed by atoms with Gasteiger partial charge in [-0.05, 0) is 32.1 Å². The van der Waals surface area contributed by atoms with Crippen LogP contribution < -0.4 is 5.32 Å². The summed E-state index contributed by atoms with van der Waals surface area (Å²) in [4.78, 5) is 11.1. The van der Waals surface area contributed by atoms with Gasteiger partial charge in [0.1, 0.15) is 5.54 Å². The van der Waals surface area contributed by atoms with E-state index >= 15 is 0 Å². The molecule has 2 rings (SSSR count). The monoisotopic (exact) mass is 169 g/mol. The highest BCUT2D eigenvalue weighted by atomic mass is 16.4. The average molecular weight is 169 g/mol. The first-order chi connectivity index (χ1) is 5.65. The number of carboxylic acid groups (broad SMARTS) is 1. The number of fused-ring (bicyclic) bond motifs is 1. The van der Waals surface area contributed by atoms with E-state index in [1.807, 2.05) is 0 Å². The van der Waals surface area contributed by atoms with E-state index < -0.39 is 11.5 Å². The van der Waals surface area contributed by atoms with Gasteiger partial charge in [-0.1, -0.05) is 6.42 Å². The van der Waals surface area contributed by atoms with Gasteiger partial charge >= 0.3 is 5.97 Å². The molecule has 12 heavy (non-hydrogen) atoms. The molecule has 0 unspecified atom stereocenters. The summed E-state index contributed by atoms with van der Waals surface area (Å²) in [5.74, 6) is -0.264. The first-order valence-corrected chi connectivity index (χ1v) is 4.66. The maximum Gasteiger partial charge on any atom is 0.324 e. The molecule has 2 fully saturated rings. The topological polar surface area (TPSA) is 49.3 Å². The maximum atomic E-state index is 11.1. The van der Waals surface area contributed by atoms with E-state index in [0.29, 0.717) is 12.0 Å². The van der Waals surface area contributed by atoms with Crippen molar-refractivity contribution in [2.75, 3.05) is 0 Å². The van der Waals surface area contributed by atoms with Gasteiger partial charge in [0.25, 0.3) is 0 Å². The van der Waals surface area contributed by atoms with Crippen LogP contribution in [-0.2, 0) is 4.79 Å². The van der Waals surface area contributed by atoms with Gasteiger partial charge in [0.05, 0.1) is 0 Å². The second kappa shape index (κ2) is 2.46. The molecule has 1 aliphatic heterocycles. The number of carboxylic acids is 1. The minimum atomic E-state index is -0.644. The molecule has 3 atom stereocenters. The lowest BCUT2D eigenvalue weighted by atomic mass is 9.89. The summed E-state index contributed by atoms with van der Waals surface area (Å²) >= 11 is 0. The highest BCUT2D eigenvalue weighted by molar-refractivity contribution is 5.80. The first kappa shape index (κ1) is 8.05. The minimum absolute atomic E-state index is 0.380. The lowest BCUT2D eigenvalue weighted by Crippen LogP contribution is -2.50. The van der Waals surface area contributed by atoms with Crippen LogP contribution in [0.25, 0.3) is 0 Å². The Balaban J connectivity index is 2.26. The maximum absolute atomic E-state index is 11.1. The van der Waals surface area contributed by atoms with Gasteiger partial charge < -0.3 is 5.11 Å². The Morgan fingerprint density at radius 2 is 2.42 bits per heavy atom. The molecule has 2 aliphatic rings. The summed E-state index contributed by atoms with van der Waals surface area (Å²) < 4.78 is 0. The Morgan fingerprint density at radius 3 is 3.00 bits per heavy atom. The number of nitrogens with one attached hydrogen (secondary N) is 1. The van der Waals surface area contributed by atoms with E-state index in [4.69, 9.17) is 5.11 Å². The standard InChI is InChI=1S/C9H15NO2/c1-6-5-7-3-2-4-9(7,10-6)8(11)12/h6-7,10H,2-5H2,1H3,(H,11,12)/t6-,7+,9+/m1/s1.